The number of nitriles is 1. The Morgan fingerprint density at radius 3 is 2.88 bits per heavy atom. The summed E-state index contributed by atoms with van der Waals surface area (Å²) >= 11 is 6.51. The second-order valence-corrected chi connectivity index (χ2v) is 11.4. The quantitative estimate of drug-likeness (QED) is 0.448. The Hall–Kier alpha value is -3.10. The number of halogens is 2. The molecule has 11 heteroatoms. The van der Waals surface area contributed by atoms with Crippen molar-refractivity contribution in [3.05, 3.63) is 50.7 Å². The molecule has 4 heterocycles. The highest BCUT2D eigenvalue weighted by molar-refractivity contribution is 6.33. The van der Waals surface area contributed by atoms with E-state index in [0.717, 1.165) is 25.1 Å². The summed E-state index contributed by atoms with van der Waals surface area (Å²) in [6.45, 7) is 8.46. The SMILES string of the molecule is Cc1c(CN2CCC[C@@H](C#N)C2)n(C(C)C)c2cc(-c3nc(N[C@@H]4CCOC[C@H]4O)ncc3Cl)cc(F)c2c1=O. The Morgan fingerprint density at radius 1 is 1.35 bits per heavy atom. The minimum Gasteiger partial charge on any atom is -0.389 e. The third-order valence-electron chi connectivity index (χ3n) is 7.86. The molecule has 9 nitrogen and oxygen atoms in total. The van der Waals surface area contributed by atoms with Gasteiger partial charge >= 0.3 is 0 Å². The van der Waals surface area contributed by atoms with Gasteiger partial charge in [0.05, 0.1) is 58.6 Å². The molecule has 212 valence electrons. The standard InChI is InChI=1S/C29H34ClFN6O3/c1-16(2)37-23-10-19(27-20(30)12-33-29(35-27)34-22-6-8-40-15-25(22)38)9-21(31)26(23)28(39)17(3)24(37)14-36-7-4-5-18(11-32)13-36/h9-10,12,16,18,22,25,38H,4-8,13-15H2,1-3H3,(H,33,34,35)/t18-,22+,25+/m0/s1. The Bertz CT molecular complexity index is 1520. The molecule has 1 aromatic carbocycles. The fourth-order valence-corrected chi connectivity index (χ4v) is 5.99. The minimum atomic E-state index is -0.708. The Balaban J connectivity index is 1.60. The van der Waals surface area contributed by atoms with Gasteiger partial charge < -0.3 is 19.7 Å². The summed E-state index contributed by atoms with van der Waals surface area (Å²) in [6.07, 6.45) is 3.11. The number of aromatic nitrogens is 3. The van der Waals surface area contributed by atoms with Gasteiger partial charge in [0.1, 0.15) is 5.82 Å². The van der Waals surface area contributed by atoms with Gasteiger partial charge in [-0.1, -0.05) is 11.6 Å². The maximum atomic E-state index is 15.8. The third-order valence-corrected chi connectivity index (χ3v) is 8.13. The summed E-state index contributed by atoms with van der Waals surface area (Å²) in [6, 6.07) is 5.06. The van der Waals surface area contributed by atoms with Crippen LogP contribution in [0, 0.1) is 30.0 Å². The smallest absolute Gasteiger partial charge is 0.223 e. The van der Waals surface area contributed by atoms with Crippen molar-refractivity contribution in [2.24, 2.45) is 5.92 Å². The van der Waals surface area contributed by atoms with Crippen molar-refractivity contribution in [1.29, 1.82) is 5.26 Å². The van der Waals surface area contributed by atoms with Crippen LogP contribution in [0.5, 0.6) is 0 Å². The monoisotopic (exact) mass is 568 g/mol. The molecule has 0 aliphatic carbocycles. The number of benzene rings is 1. The summed E-state index contributed by atoms with van der Waals surface area (Å²) in [5.74, 6) is -0.426. The maximum Gasteiger partial charge on any atom is 0.223 e. The predicted molar refractivity (Wildman–Crippen MR) is 152 cm³/mol. The van der Waals surface area contributed by atoms with E-state index in [0.29, 0.717) is 48.5 Å². The normalized spacial score (nSPS) is 22.0. The maximum absolute atomic E-state index is 15.8. The van der Waals surface area contributed by atoms with E-state index in [4.69, 9.17) is 16.3 Å². The number of hydrogen-bond donors (Lipinski definition) is 2. The number of nitrogens with zero attached hydrogens (tertiary/aromatic N) is 5. The van der Waals surface area contributed by atoms with Crippen molar-refractivity contribution in [2.75, 3.05) is 31.6 Å². The zero-order chi connectivity index (χ0) is 28.6. The van der Waals surface area contributed by atoms with Gasteiger partial charge in [-0.05, 0) is 58.7 Å². The summed E-state index contributed by atoms with van der Waals surface area (Å²) < 4.78 is 23.1. The Kier molecular flexibility index (Phi) is 8.38. The van der Waals surface area contributed by atoms with E-state index in [1.54, 1.807) is 13.0 Å². The number of anilines is 1. The van der Waals surface area contributed by atoms with Crippen LogP contribution >= 0.6 is 11.6 Å². The molecule has 2 aromatic heterocycles. The Morgan fingerprint density at radius 2 is 2.15 bits per heavy atom. The average Bonchev–Trinajstić information content (AvgIpc) is 2.93. The molecule has 0 radical (unpaired) electrons. The zero-order valence-electron chi connectivity index (χ0n) is 23.0. The van der Waals surface area contributed by atoms with Crippen molar-refractivity contribution in [3.8, 4) is 17.3 Å². The van der Waals surface area contributed by atoms with E-state index < -0.39 is 11.9 Å². The number of ether oxygens (including phenoxy) is 1. The van der Waals surface area contributed by atoms with Crippen molar-refractivity contribution < 1.29 is 14.2 Å². The van der Waals surface area contributed by atoms with Crippen LogP contribution < -0.4 is 10.7 Å². The van der Waals surface area contributed by atoms with Crippen LogP contribution in [-0.2, 0) is 11.3 Å². The average molecular weight is 569 g/mol. The molecular formula is C29H34ClFN6O3. The second-order valence-electron chi connectivity index (χ2n) is 11.0. The number of hydrogen-bond acceptors (Lipinski definition) is 8. The molecule has 3 aromatic rings. The largest absolute Gasteiger partial charge is 0.389 e. The van der Waals surface area contributed by atoms with E-state index in [1.807, 2.05) is 18.4 Å². The van der Waals surface area contributed by atoms with Crippen molar-refractivity contribution in [3.63, 3.8) is 0 Å². The molecule has 2 saturated heterocycles. The molecular weight excluding hydrogens is 535 g/mol. The molecule has 0 saturated carbocycles. The first-order valence-electron chi connectivity index (χ1n) is 13.7. The number of likely N-dealkylation sites (tertiary alicyclic amines) is 1. The summed E-state index contributed by atoms with van der Waals surface area (Å²) in [5, 5.41) is 23.1. The number of aliphatic hydroxyl groups excluding tert-OH is 1. The molecule has 2 aliphatic rings. The topological polar surface area (TPSA) is 116 Å². The highest BCUT2D eigenvalue weighted by atomic mass is 35.5. The summed E-state index contributed by atoms with van der Waals surface area (Å²) in [7, 11) is 0. The number of piperidine rings is 1. The molecule has 40 heavy (non-hydrogen) atoms. The fourth-order valence-electron chi connectivity index (χ4n) is 5.79. The fraction of sp³-hybridized carbons (Fsp3) is 0.517. The van der Waals surface area contributed by atoms with Gasteiger partial charge in [0, 0.05) is 42.6 Å². The Labute approximate surface area is 237 Å². The van der Waals surface area contributed by atoms with Crippen molar-refractivity contribution in [2.45, 2.75) is 64.8 Å². The van der Waals surface area contributed by atoms with Gasteiger partial charge in [0.2, 0.25) is 5.95 Å². The highest BCUT2D eigenvalue weighted by Crippen LogP contribution is 2.33. The van der Waals surface area contributed by atoms with Crippen LogP contribution in [0.3, 0.4) is 0 Å². The lowest BCUT2D eigenvalue weighted by Crippen LogP contribution is -2.42. The molecule has 2 N–H and O–H groups in total. The van der Waals surface area contributed by atoms with Gasteiger partial charge in [0.15, 0.2) is 5.43 Å². The predicted octanol–water partition coefficient (Wildman–Crippen LogP) is 4.44. The van der Waals surface area contributed by atoms with E-state index >= 15 is 4.39 Å². The van der Waals surface area contributed by atoms with Crippen LogP contribution in [-0.4, -0.2) is 63.0 Å². The first kappa shape index (κ1) is 28.4. The van der Waals surface area contributed by atoms with Gasteiger partial charge in [-0.2, -0.15) is 5.26 Å². The summed E-state index contributed by atoms with van der Waals surface area (Å²) in [5.41, 5.74) is 2.18. The lowest BCUT2D eigenvalue weighted by Gasteiger charge is -2.32. The van der Waals surface area contributed by atoms with Crippen LogP contribution in [0.1, 0.15) is 50.4 Å². The van der Waals surface area contributed by atoms with E-state index in [9.17, 15) is 15.2 Å². The third kappa shape index (κ3) is 5.56. The molecule has 3 atom stereocenters. The molecule has 0 amide bonds. The number of pyridine rings is 1. The molecule has 2 aliphatic heterocycles. The van der Waals surface area contributed by atoms with Crippen LogP contribution in [0.4, 0.5) is 10.3 Å². The minimum absolute atomic E-state index is 0.0288. The van der Waals surface area contributed by atoms with E-state index in [-0.39, 0.29) is 46.4 Å². The molecule has 2 fully saturated rings. The number of fused-ring (bicyclic) bond motifs is 1. The zero-order valence-corrected chi connectivity index (χ0v) is 23.7. The van der Waals surface area contributed by atoms with Gasteiger partial charge in [0.25, 0.3) is 0 Å². The lowest BCUT2D eigenvalue weighted by molar-refractivity contribution is -0.0136. The number of aliphatic hydroxyl groups is 1. The van der Waals surface area contributed by atoms with Crippen LogP contribution in [0.15, 0.2) is 23.1 Å². The molecule has 0 bridgehead atoms. The highest BCUT2D eigenvalue weighted by Gasteiger charge is 2.27. The van der Waals surface area contributed by atoms with Gasteiger partial charge in [-0.25, -0.2) is 14.4 Å². The van der Waals surface area contributed by atoms with Gasteiger partial charge in [-0.15, -0.1) is 0 Å². The van der Waals surface area contributed by atoms with Crippen molar-refractivity contribution in [1.82, 2.24) is 19.4 Å². The summed E-state index contributed by atoms with van der Waals surface area (Å²) in [4.78, 5) is 24.5. The first-order valence-corrected chi connectivity index (χ1v) is 14.1. The van der Waals surface area contributed by atoms with Gasteiger partial charge in [-0.3, -0.25) is 9.69 Å². The molecule has 0 spiro atoms. The van der Waals surface area contributed by atoms with Crippen molar-refractivity contribution >= 4 is 28.5 Å². The number of nitrogens with one attached hydrogen (secondary N) is 1. The molecule has 0 unspecified atom stereocenters. The first-order chi connectivity index (χ1) is 19.2. The lowest BCUT2D eigenvalue weighted by atomic mass is 9.98. The van der Waals surface area contributed by atoms with E-state index in [1.165, 1.54) is 12.3 Å². The second kappa shape index (κ2) is 11.8. The molecule has 5 rings (SSSR count). The van der Waals surface area contributed by atoms with Crippen LogP contribution in [0.25, 0.3) is 22.2 Å². The van der Waals surface area contributed by atoms with E-state index in [2.05, 4.69) is 26.3 Å². The van der Waals surface area contributed by atoms with Crippen LogP contribution in [0.2, 0.25) is 5.02 Å². The number of rotatable bonds is 6.